The number of pyridine rings is 1. The van der Waals surface area contributed by atoms with Crippen molar-refractivity contribution in [3.63, 3.8) is 0 Å². The van der Waals surface area contributed by atoms with Crippen molar-refractivity contribution in [1.29, 1.82) is 0 Å². The van der Waals surface area contributed by atoms with Crippen LogP contribution in [0.4, 0.5) is 0 Å². The van der Waals surface area contributed by atoms with Crippen molar-refractivity contribution in [2.24, 2.45) is 0 Å². The Morgan fingerprint density at radius 1 is 1.31 bits per heavy atom. The quantitative estimate of drug-likeness (QED) is 0.704. The zero-order chi connectivity index (χ0) is 20.0. The van der Waals surface area contributed by atoms with Gasteiger partial charge in [0.2, 0.25) is 0 Å². The number of hydrogen-bond acceptors (Lipinski definition) is 7. The molecule has 1 saturated heterocycles. The first-order valence-electron chi connectivity index (χ1n) is 9.70. The number of rotatable bonds is 2. The maximum atomic E-state index is 13.0. The first-order valence-corrected chi connectivity index (χ1v) is 9.70. The Kier molecular flexibility index (Phi) is 4.04. The van der Waals surface area contributed by atoms with Crippen LogP contribution in [0.1, 0.15) is 46.7 Å². The van der Waals surface area contributed by atoms with Gasteiger partial charge < -0.3 is 9.88 Å². The van der Waals surface area contributed by atoms with E-state index >= 15 is 0 Å². The number of nitrogens with one attached hydrogen (secondary N) is 1. The molecule has 1 atom stereocenters. The summed E-state index contributed by atoms with van der Waals surface area (Å²) in [6, 6.07) is 3.68. The van der Waals surface area contributed by atoms with Crippen molar-refractivity contribution in [1.82, 2.24) is 30.2 Å². The van der Waals surface area contributed by atoms with Crippen LogP contribution in [0.2, 0.25) is 0 Å². The van der Waals surface area contributed by atoms with Crippen LogP contribution in [0.3, 0.4) is 0 Å². The Morgan fingerprint density at radius 3 is 2.97 bits per heavy atom. The number of carbonyl (C=O) groups excluding carboxylic acids is 1. The molecule has 1 N–H and O–H groups in total. The normalized spacial score (nSPS) is 20.8. The Bertz CT molecular complexity index is 1140. The smallest absolute Gasteiger partial charge is 0.278 e. The Hall–Kier alpha value is -3.36. The van der Waals surface area contributed by atoms with E-state index in [0.29, 0.717) is 31.0 Å². The lowest BCUT2D eigenvalue weighted by Crippen LogP contribution is -2.48. The number of carbonyl (C=O) groups is 1. The first kappa shape index (κ1) is 17.7. The molecule has 1 aliphatic carbocycles. The average molecular weight is 392 g/mol. The van der Waals surface area contributed by atoms with Crippen molar-refractivity contribution < 1.29 is 9.42 Å². The van der Waals surface area contributed by atoms with E-state index in [0.717, 1.165) is 36.1 Å². The molecule has 1 fully saturated rings. The Morgan fingerprint density at radius 2 is 2.21 bits per heavy atom. The molecule has 0 aromatic carbocycles. The van der Waals surface area contributed by atoms with Crippen LogP contribution in [-0.2, 0) is 11.8 Å². The van der Waals surface area contributed by atoms with Gasteiger partial charge in [0.1, 0.15) is 11.5 Å². The number of fused-ring (bicyclic) bond motifs is 2. The molecule has 4 heterocycles. The first-order chi connectivity index (χ1) is 14.1. The summed E-state index contributed by atoms with van der Waals surface area (Å²) in [5.41, 5.74) is 2.61. The number of amides is 1. The van der Waals surface area contributed by atoms with Gasteiger partial charge in [0.15, 0.2) is 5.69 Å². The van der Waals surface area contributed by atoms with Gasteiger partial charge in [-0.3, -0.25) is 14.6 Å². The molecule has 148 valence electrons. The Balaban J connectivity index is 1.53. The van der Waals surface area contributed by atoms with Gasteiger partial charge >= 0.3 is 0 Å². The number of nitrogens with zero attached hydrogens (tertiary/aromatic N) is 5. The van der Waals surface area contributed by atoms with E-state index in [1.807, 2.05) is 12.1 Å². The van der Waals surface area contributed by atoms with Crippen LogP contribution in [-0.4, -0.2) is 49.2 Å². The van der Waals surface area contributed by atoms with Crippen molar-refractivity contribution in [2.45, 2.75) is 38.0 Å². The summed E-state index contributed by atoms with van der Waals surface area (Å²) in [7, 11) is 0. The molecule has 0 bridgehead atoms. The fourth-order valence-corrected chi connectivity index (χ4v) is 4.57. The van der Waals surface area contributed by atoms with E-state index in [-0.39, 0.29) is 22.6 Å². The van der Waals surface area contributed by atoms with Gasteiger partial charge in [-0.15, -0.1) is 0 Å². The third-order valence-corrected chi connectivity index (χ3v) is 6.03. The molecule has 2 aliphatic rings. The third-order valence-electron chi connectivity index (χ3n) is 6.03. The number of likely N-dealkylation sites (tertiary alicyclic amines) is 1. The number of aromatic nitrogens is 5. The molecule has 9 heteroatoms. The van der Waals surface area contributed by atoms with E-state index in [1.54, 1.807) is 24.2 Å². The topological polar surface area (TPSA) is 118 Å². The van der Waals surface area contributed by atoms with Crippen LogP contribution < -0.4 is 5.56 Å². The predicted molar refractivity (Wildman–Crippen MR) is 102 cm³/mol. The molecule has 9 nitrogen and oxygen atoms in total. The molecule has 3 aromatic heterocycles. The second kappa shape index (κ2) is 6.61. The zero-order valence-electron chi connectivity index (χ0n) is 16.0. The second-order valence-electron chi connectivity index (χ2n) is 7.79. The van der Waals surface area contributed by atoms with E-state index in [9.17, 15) is 9.59 Å². The second-order valence-corrected chi connectivity index (χ2v) is 7.79. The van der Waals surface area contributed by atoms with Crippen LogP contribution in [0.15, 0.2) is 33.9 Å². The number of aromatic amines is 1. The van der Waals surface area contributed by atoms with Gasteiger partial charge in [-0.1, -0.05) is 5.16 Å². The van der Waals surface area contributed by atoms with Crippen molar-refractivity contribution in [3.05, 3.63) is 57.5 Å². The molecule has 0 radical (unpaired) electrons. The van der Waals surface area contributed by atoms with Crippen LogP contribution in [0, 0.1) is 6.92 Å². The summed E-state index contributed by atoms with van der Waals surface area (Å²) in [4.78, 5) is 39.4. The molecule has 3 aromatic rings. The Labute approximate surface area is 166 Å². The van der Waals surface area contributed by atoms with Crippen molar-refractivity contribution >= 4 is 5.91 Å². The van der Waals surface area contributed by atoms with Crippen molar-refractivity contribution in [3.8, 4) is 11.4 Å². The summed E-state index contributed by atoms with van der Waals surface area (Å²) < 4.78 is 4.70. The predicted octanol–water partition coefficient (Wildman–Crippen LogP) is 1.64. The third kappa shape index (κ3) is 2.84. The minimum Gasteiger partial charge on any atom is -0.336 e. The minimum absolute atomic E-state index is 0.106. The highest BCUT2D eigenvalue weighted by molar-refractivity contribution is 5.93. The average Bonchev–Trinajstić information content (AvgIpc) is 3.32. The lowest BCUT2D eigenvalue weighted by molar-refractivity contribution is 0.0622. The van der Waals surface area contributed by atoms with Crippen LogP contribution in [0.5, 0.6) is 0 Å². The number of hydrogen-bond donors (Lipinski definition) is 1. The number of aryl methyl sites for hydroxylation is 1. The molecular weight excluding hydrogens is 372 g/mol. The highest BCUT2D eigenvalue weighted by Gasteiger charge is 2.46. The zero-order valence-corrected chi connectivity index (χ0v) is 16.0. The SMILES string of the molecule is Cc1nonc1C(=O)N1CCCC2(CCc3c2nc(-c2cccnc2)[nH]c3=O)C1. The molecule has 1 unspecified atom stereocenters. The lowest BCUT2D eigenvalue weighted by Gasteiger charge is -2.40. The lowest BCUT2D eigenvalue weighted by atomic mass is 9.77. The maximum Gasteiger partial charge on any atom is 0.278 e. The fraction of sp³-hybridized carbons (Fsp3) is 0.400. The van der Waals surface area contributed by atoms with Gasteiger partial charge in [-0.2, -0.15) is 0 Å². The highest BCUT2D eigenvalue weighted by Crippen LogP contribution is 2.43. The van der Waals surface area contributed by atoms with Crippen molar-refractivity contribution in [2.75, 3.05) is 13.1 Å². The van der Waals surface area contributed by atoms with Gasteiger partial charge in [0.05, 0.1) is 5.69 Å². The maximum absolute atomic E-state index is 13.0. The van der Waals surface area contributed by atoms with Crippen LogP contribution >= 0.6 is 0 Å². The number of piperidine rings is 1. The van der Waals surface area contributed by atoms with E-state index < -0.39 is 0 Å². The summed E-state index contributed by atoms with van der Waals surface area (Å²) in [5, 5.41) is 7.48. The largest absolute Gasteiger partial charge is 0.336 e. The molecule has 5 rings (SSSR count). The highest BCUT2D eigenvalue weighted by atomic mass is 16.6. The standard InChI is InChI=1S/C20H20N6O3/c1-12-15(25-29-24-12)19(28)26-9-3-6-20(11-26)7-5-14-16(20)22-17(23-18(14)27)13-4-2-8-21-10-13/h2,4,8,10H,3,5-7,9,11H2,1H3,(H,22,23,27). The molecule has 1 amide bonds. The monoisotopic (exact) mass is 392 g/mol. The molecule has 1 aliphatic heterocycles. The van der Waals surface area contributed by atoms with E-state index in [1.165, 1.54) is 0 Å². The fourth-order valence-electron chi connectivity index (χ4n) is 4.57. The summed E-state index contributed by atoms with van der Waals surface area (Å²) in [6.45, 7) is 2.85. The van der Waals surface area contributed by atoms with Crippen LogP contribution in [0.25, 0.3) is 11.4 Å². The summed E-state index contributed by atoms with van der Waals surface area (Å²) in [6.07, 6.45) is 6.56. The number of H-pyrrole nitrogens is 1. The van der Waals surface area contributed by atoms with Gasteiger partial charge in [0, 0.05) is 42.0 Å². The van der Waals surface area contributed by atoms with Gasteiger partial charge in [-0.05, 0) is 49.9 Å². The summed E-state index contributed by atoms with van der Waals surface area (Å²) >= 11 is 0. The molecule has 29 heavy (non-hydrogen) atoms. The minimum atomic E-state index is -0.320. The molecular formula is C20H20N6O3. The molecule has 1 spiro atoms. The molecule has 0 saturated carbocycles. The van der Waals surface area contributed by atoms with E-state index in [2.05, 4.69) is 20.3 Å². The van der Waals surface area contributed by atoms with E-state index in [4.69, 9.17) is 9.61 Å². The van der Waals surface area contributed by atoms with Gasteiger partial charge in [0.25, 0.3) is 11.5 Å². The summed E-state index contributed by atoms with van der Waals surface area (Å²) in [5.74, 6) is 0.330. The van der Waals surface area contributed by atoms with Gasteiger partial charge in [-0.25, -0.2) is 9.61 Å².